The van der Waals surface area contributed by atoms with E-state index < -0.39 is 5.25 Å². The third kappa shape index (κ3) is 3.79. The number of nitrogens with one attached hydrogen (secondary N) is 1. The summed E-state index contributed by atoms with van der Waals surface area (Å²) in [4.78, 5) is 32.1. The Morgan fingerprint density at radius 1 is 1.30 bits per heavy atom. The molecule has 0 spiro atoms. The average molecular weight is 407 g/mol. The van der Waals surface area contributed by atoms with E-state index in [0.717, 1.165) is 10.4 Å². The number of nitrogens with zero attached hydrogens (tertiary/aromatic N) is 3. The minimum Gasteiger partial charge on any atom is -0.360 e. The van der Waals surface area contributed by atoms with Crippen molar-refractivity contribution in [3.8, 4) is 0 Å². The second kappa shape index (κ2) is 7.47. The third-order valence-electron chi connectivity index (χ3n) is 4.25. The summed E-state index contributed by atoms with van der Waals surface area (Å²) in [6.07, 6.45) is 0. The zero-order valence-electron chi connectivity index (χ0n) is 16.1. The second-order valence-corrected chi connectivity index (χ2v) is 9.21. The van der Waals surface area contributed by atoms with Gasteiger partial charge in [-0.25, -0.2) is 4.98 Å². The van der Waals surface area contributed by atoms with Crippen LogP contribution < -0.4 is 10.9 Å². The zero-order valence-corrected chi connectivity index (χ0v) is 17.7. The van der Waals surface area contributed by atoms with Gasteiger partial charge in [0.05, 0.1) is 10.6 Å². The van der Waals surface area contributed by atoms with E-state index in [1.165, 1.54) is 23.1 Å². The van der Waals surface area contributed by atoms with Crippen LogP contribution in [0, 0.1) is 20.8 Å². The Kier molecular flexibility index (Phi) is 5.43. The molecule has 1 amide bonds. The van der Waals surface area contributed by atoms with E-state index >= 15 is 0 Å². The Morgan fingerprint density at radius 3 is 2.59 bits per heavy atom. The summed E-state index contributed by atoms with van der Waals surface area (Å²) in [6.45, 7) is 11.4. The van der Waals surface area contributed by atoms with Crippen LogP contribution in [0.4, 0.5) is 5.82 Å². The van der Waals surface area contributed by atoms with Crippen molar-refractivity contribution in [2.75, 3.05) is 5.32 Å². The average Bonchev–Trinajstić information content (AvgIpc) is 3.10. The molecule has 0 fully saturated rings. The van der Waals surface area contributed by atoms with Gasteiger partial charge in [-0.1, -0.05) is 16.9 Å². The number of carbonyl (C=O) groups is 1. The number of hydrogen-bond donors (Lipinski definition) is 1. The van der Waals surface area contributed by atoms with Gasteiger partial charge in [-0.05, 0) is 47.1 Å². The molecule has 7 nitrogen and oxygen atoms in total. The van der Waals surface area contributed by atoms with Crippen molar-refractivity contribution in [2.45, 2.75) is 58.0 Å². The summed E-state index contributed by atoms with van der Waals surface area (Å²) < 4.78 is 6.63. The summed E-state index contributed by atoms with van der Waals surface area (Å²) in [5.41, 5.74) is 0.921. The van der Waals surface area contributed by atoms with Crippen LogP contribution in [-0.4, -0.2) is 25.9 Å². The van der Waals surface area contributed by atoms with Crippen LogP contribution in [0.3, 0.4) is 0 Å². The molecule has 144 valence electrons. The van der Waals surface area contributed by atoms with Crippen molar-refractivity contribution in [1.82, 2.24) is 14.7 Å². The van der Waals surface area contributed by atoms with Crippen LogP contribution in [0.25, 0.3) is 10.2 Å². The molecule has 9 heteroatoms. The molecular weight excluding hydrogens is 384 g/mol. The maximum atomic E-state index is 13.1. The number of aryl methyl sites for hydroxylation is 3. The van der Waals surface area contributed by atoms with Gasteiger partial charge in [0.25, 0.3) is 5.56 Å². The number of hydrogen-bond acceptors (Lipinski definition) is 7. The van der Waals surface area contributed by atoms with Crippen LogP contribution >= 0.6 is 23.1 Å². The van der Waals surface area contributed by atoms with Gasteiger partial charge in [0, 0.05) is 17.0 Å². The number of fused-ring (bicyclic) bond motifs is 1. The molecule has 0 unspecified atom stereocenters. The highest BCUT2D eigenvalue weighted by Crippen LogP contribution is 2.31. The van der Waals surface area contributed by atoms with Crippen LogP contribution in [0.2, 0.25) is 0 Å². The number of aromatic nitrogens is 3. The van der Waals surface area contributed by atoms with Crippen LogP contribution in [-0.2, 0) is 4.79 Å². The van der Waals surface area contributed by atoms with Crippen molar-refractivity contribution in [3.05, 3.63) is 32.6 Å². The number of amides is 1. The monoisotopic (exact) mass is 406 g/mol. The first-order valence-electron chi connectivity index (χ1n) is 8.62. The molecule has 0 radical (unpaired) electrons. The molecule has 0 aromatic carbocycles. The summed E-state index contributed by atoms with van der Waals surface area (Å²) in [5, 5.41) is 7.25. The van der Waals surface area contributed by atoms with Crippen LogP contribution in [0.15, 0.2) is 20.5 Å². The molecule has 0 saturated carbocycles. The zero-order chi connectivity index (χ0) is 19.9. The lowest BCUT2D eigenvalue weighted by Crippen LogP contribution is -2.28. The van der Waals surface area contributed by atoms with Gasteiger partial charge < -0.3 is 9.84 Å². The Morgan fingerprint density at radius 2 is 2.00 bits per heavy atom. The van der Waals surface area contributed by atoms with E-state index in [2.05, 4.69) is 10.5 Å². The number of thiophene rings is 1. The molecule has 0 aliphatic heterocycles. The van der Waals surface area contributed by atoms with Gasteiger partial charge in [0.1, 0.15) is 10.6 Å². The van der Waals surface area contributed by atoms with Gasteiger partial charge in [-0.2, -0.15) is 0 Å². The number of carbonyl (C=O) groups excluding carboxylic acids is 1. The number of thioether (sulfide) groups is 1. The lowest BCUT2D eigenvalue weighted by Gasteiger charge is -2.17. The van der Waals surface area contributed by atoms with Gasteiger partial charge in [-0.15, -0.1) is 11.3 Å². The van der Waals surface area contributed by atoms with E-state index in [4.69, 9.17) is 9.51 Å². The quantitative estimate of drug-likeness (QED) is 0.507. The van der Waals surface area contributed by atoms with Crippen molar-refractivity contribution >= 4 is 45.0 Å². The van der Waals surface area contributed by atoms with E-state index in [-0.39, 0.29) is 17.5 Å². The molecule has 0 saturated heterocycles. The maximum absolute atomic E-state index is 13.1. The predicted octanol–water partition coefficient (Wildman–Crippen LogP) is 4.07. The lowest BCUT2D eigenvalue weighted by atomic mass is 10.2. The second-order valence-electron chi connectivity index (χ2n) is 6.70. The Bertz CT molecular complexity index is 1060. The fraction of sp³-hybridized carbons (Fsp3) is 0.444. The third-order valence-corrected chi connectivity index (χ3v) is 6.42. The number of rotatable bonds is 5. The molecule has 3 aromatic heterocycles. The van der Waals surface area contributed by atoms with E-state index in [1.807, 2.05) is 27.7 Å². The lowest BCUT2D eigenvalue weighted by molar-refractivity contribution is -0.115. The topological polar surface area (TPSA) is 90.0 Å². The molecule has 3 rings (SSSR count). The Labute approximate surface area is 165 Å². The molecule has 3 aromatic rings. The molecule has 1 atom stereocenters. The fourth-order valence-electron chi connectivity index (χ4n) is 2.69. The van der Waals surface area contributed by atoms with Crippen molar-refractivity contribution in [1.29, 1.82) is 0 Å². The highest BCUT2D eigenvalue weighted by molar-refractivity contribution is 8.00. The highest BCUT2D eigenvalue weighted by atomic mass is 32.2. The first kappa shape index (κ1) is 19.6. The first-order valence-corrected chi connectivity index (χ1v) is 10.3. The molecule has 1 N–H and O–H groups in total. The van der Waals surface area contributed by atoms with E-state index in [0.29, 0.717) is 27.0 Å². The largest absolute Gasteiger partial charge is 0.360 e. The summed E-state index contributed by atoms with van der Waals surface area (Å²) >= 11 is 2.77. The normalized spacial score (nSPS) is 12.7. The predicted molar refractivity (Wildman–Crippen MR) is 109 cm³/mol. The minimum absolute atomic E-state index is 0.0564. The maximum Gasteiger partial charge on any atom is 0.263 e. The summed E-state index contributed by atoms with van der Waals surface area (Å²) in [5.74, 6) is 0.769. The van der Waals surface area contributed by atoms with Crippen LogP contribution in [0.1, 0.15) is 43.0 Å². The van der Waals surface area contributed by atoms with Gasteiger partial charge >= 0.3 is 0 Å². The van der Waals surface area contributed by atoms with Crippen molar-refractivity contribution < 1.29 is 9.32 Å². The van der Waals surface area contributed by atoms with Crippen LogP contribution in [0.5, 0.6) is 0 Å². The van der Waals surface area contributed by atoms with Gasteiger partial charge in [-0.3, -0.25) is 14.2 Å². The highest BCUT2D eigenvalue weighted by Gasteiger charge is 2.23. The first-order chi connectivity index (χ1) is 12.7. The number of anilines is 1. The van der Waals surface area contributed by atoms with Crippen molar-refractivity contribution in [3.63, 3.8) is 0 Å². The Hall–Kier alpha value is -2.13. The molecule has 0 bridgehead atoms. The molecule has 3 heterocycles. The standard InChI is InChI=1S/C18H22N4O3S2/c1-8(2)22-17(24)14-10(4)11(5)26-16(14)20-18(22)27-12(6)15(23)19-13-7-9(3)25-21-13/h7-8,12H,1-6H3,(H,19,21,23)/t12-/m1/s1. The minimum atomic E-state index is -0.460. The smallest absolute Gasteiger partial charge is 0.263 e. The molecule has 27 heavy (non-hydrogen) atoms. The summed E-state index contributed by atoms with van der Waals surface area (Å²) in [7, 11) is 0. The van der Waals surface area contributed by atoms with Gasteiger partial charge in [0.2, 0.25) is 5.91 Å². The summed E-state index contributed by atoms with van der Waals surface area (Å²) in [6, 6.07) is 1.59. The fourth-order valence-corrected chi connectivity index (χ4v) is 4.80. The molecular formula is C18H22N4O3S2. The molecule has 0 aliphatic rings. The SMILES string of the molecule is Cc1cc(NC(=O)[C@@H](C)Sc2nc3sc(C)c(C)c3c(=O)n2C(C)C)no1. The van der Waals surface area contributed by atoms with E-state index in [1.54, 1.807) is 24.5 Å². The Balaban J connectivity index is 1.94. The van der Waals surface area contributed by atoms with Gasteiger partial charge in [0.15, 0.2) is 11.0 Å². The molecule has 0 aliphatic carbocycles. The van der Waals surface area contributed by atoms with E-state index in [9.17, 15) is 9.59 Å². The van der Waals surface area contributed by atoms with Crippen molar-refractivity contribution in [2.24, 2.45) is 0 Å².